The molecule has 0 saturated carbocycles. The maximum Gasteiger partial charge on any atom is 0.267 e. The number of amides is 1. The summed E-state index contributed by atoms with van der Waals surface area (Å²) in [5.74, 6) is -0.0876. The molecule has 4 heteroatoms. The predicted molar refractivity (Wildman–Crippen MR) is 57.0 cm³/mol. The highest BCUT2D eigenvalue weighted by Crippen LogP contribution is 2.05. The monoisotopic (exact) mass is 195 g/mol. The third kappa shape index (κ3) is 2.52. The molecular weight excluding hydrogens is 178 g/mol. The molecule has 1 amide bonds. The molecule has 0 saturated heterocycles. The summed E-state index contributed by atoms with van der Waals surface area (Å²) < 4.78 is 0. The third-order valence-corrected chi connectivity index (χ3v) is 2.27. The molecule has 4 nitrogen and oxygen atoms in total. The number of hydrogen-bond acceptors (Lipinski definition) is 2. The van der Waals surface area contributed by atoms with E-state index in [9.17, 15) is 4.79 Å². The van der Waals surface area contributed by atoms with E-state index in [0.29, 0.717) is 11.4 Å². The summed E-state index contributed by atoms with van der Waals surface area (Å²) in [6.07, 6.45) is 3.50. The molecule has 0 radical (unpaired) electrons. The van der Waals surface area contributed by atoms with Gasteiger partial charge in [0.25, 0.3) is 5.91 Å². The van der Waals surface area contributed by atoms with E-state index in [0.717, 1.165) is 12.8 Å². The average molecular weight is 195 g/mol. The van der Waals surface area contributed by atoms with Crippen LogP contribution in [0.2, 0.25) is 0 Å². The summed E-state index contributed by atoms with van der Waals surface area (Å²) in [4.78, 5) is 14.4. The van der Waals surface area contributed by atoms with Gasteiger partial charge in [-0.2, -0.15) is 0 Å². The minimum atomic E-state index is -0.0876. The van der Waals surface area contributed by atoms with Crippen molar-refractivity contribution in [2.45, 2.75) is 32.7 Å². The standard InChI is InChI=1S/C10H17N3O/c1-3-8(4-2)13-10(14)9-5-7(11)6-12-9/h5-6,8,12H,3-4,11H2,1-2H3,(H,13,14). The van der Waals surface area contributed by atoms with Crippen LogP contribution in [0.25, 0.3) is 0 Å². The second-order valence-corrected chi connectivity index (χ2v) is 3.33. The second-order valence-electron chi connectivity index (χ2n) is 3.33. The van der Waals surface area contributed by atoms with Gasteiger partial charge in [-0.25, -0.2) is 0 Å². The van der Waals surface area contributed by atoms with E-state index in [1.807, 2.05) is 0 Å². The molecule has 4 N–H and O–H groups in total. The van der Waals surface area contributed by atoms with Gasteiger partial charge in [0, 0.05) is 17.9 Å². The SMILES string of the molecule is CCC(CC)NC(=O)c1cc(N)c[nH]1. The fourth-order valence-electron chi connectivity index (χ4n) is 1.30. The van der Waals surface area contributed by atoms with Crippen LogP contribution in [0.5, 0.6) is 0 Å². The largest absolute Gasteiger partial charge is 0.397 e. The lowest BCUT2D eigenvalue weighted by molar-refractivity contribution is 0.0930. The molecule has 0 aliphatic heterocycles. The molecule has 0 atom stereocenters. The van der Waals surface area contributed by atoms with Gasteiger partial charge in [-0.3, -0.25) is 4.79 Å². The van der Waals surface area contributed by atoms with Gasteiger partial charge in [0.1, 0.15) is 5.69 Å². The van der Waals surface area contributed by atoms with Crippen molar-refractivity contribution in [2.75, 3.05) is 5.73 Å². The molecule has 0 bridgehead atoms. The Morgan fingerprint density at radius 3 is 2.64 bits per heavy atom. The molecule has 14 heavy (non-hydrogen) atoms. The van der Waals surface area contributed by atoms with Crippen molar-refractivity contribution < 1.29 is 4.79 Å². The molecule has 1 rings (SSSR count). The molecule has 1 heterocycles. The van der Waals surface area contributed by atoms with Gasteiger partial charge < -0.3 is 16.0 Å². The van der Waals surface area contributed by atoms with Crippen LogP contribution in [-0.2, 0) is 0 Å². The van der Waals surface area contributed by atoms with Crippen molar-refractivity contribution in [1.29, 1.82) is 0 Å². The molecule has 0 spiro atoms. The first-order valence-electron chi connectivity index (χ1n) is 4.92. The van der Waals surface area contributed by atoms with Crippen molar-refractivity contribution in [3.05, 3.63) is 18.0 Å². The zero-order chi connectivity index (χ0) is 10.6. The normalized spacial score (nSPS) is 10.5. The number of aromatic amines is 1. The van der Waals surface area contributed by atoms with E-state index in [1.54, 1.807) is 12.3 Å². The van der Waals surface area contributed by atoms with Crippen molar-refractivity contribution in [1.82, 2.24) is 10.3 Å². The van der Waals surface area contributed by atoms with Crippen molar-refractivity contribution in [3.63, 3.8) is 0 Å². The van der Waals surface area contributed by atoms with E-state index < -0.39 is 0 Å². The van der Waals surface area contributed by atoms with Crippen LogP contribution in [0.15, 0.2) is 12.3 Å². The van der Waals surface area contributed by atoms with Gasteiger partial charge in [0.15, 0.2) is 0 Å². The van der Waals surface area contributed by atoms with E-state index >= 15 is 0 Å². The maximum absolute atomic E-state index is 11.6. The highest BCUT2D eigenvalue weighted by Gasteiger charge is 2.11. The average Bonchev–Trinajstić information content (AvgIpc) is 2.61. The van der Waals surface area contributed by atoms with Crippen molar-refractivity contribution in [2.24, 2.45) is 0 Å². The van der Waals surface area contributed by atoms with Gasteiger partial charge in [-0.05, 0) is 18.9 Å². The first-order chi connectivity index (χ1) is 6.67. The lowest BCUT2D eigenvalue weighted by Crippen LogP contribution is -2.33. The summed E-state index contributed by atoms with van der Waals surface area (Å²) in [7, 11) is 0. The highest BCUT2D eigenvalue weighted by atomic mass is 16.1. The quantitative estimate of drug-likeness (QED) is 0.681. The van der Waals surface area contributed by atoms with Crippen LogP contribution < -0.4 is 11.1 Å². The van der Waals surface area contributed by atoms with Gasteiger partial charge in [0.2, 0.25) is 0 Å². The molecular formula is C10H17N3O. The molecule has 0 unspecified atom stereocenters. The fraction of sp³-hybridized carbons (Fsp3) is 0.500. The number of hydrogen-bond donors (Lipinski definition) is 3. The summed E-state index contributed by atoms with van der Waals surface area (Å²) in [5.41, 5.74) is 6.61. The number of H-pyrrole nitrogens is 1. The smallest absolute Gasteiger partial charge is 0.267 e. The van der Waals surface area contributed by atoms with Crippen LogP contribution in [0, 0.1) is 0 Å². The number of nitrogens with one attached hydrogen (secondary N) is 2. The van der Waals surface area contributed by atoms with Crippen molar-refractivity contribution >= 4 is 11.6 Å². The summed E-state index contributed by atoms with van der Waals surface area (Å²) in [5, 5.41) is 2.92. The Hall–Kier alpha value is -1.45. The predicted octanol–water partition coefficient (Wildman–Crippen LogP) is 1.52. The Labute approximate surface area is 83.9 Å². The zero-order valence-electron chi connectivity index (χ0n) is 8.63. The maximum atomic E-state index is 11.6. The first-order valence-corrected chi connectivity index (χ1v) is 4.92. The number of nitrogen functional groups attached to an aromatic ring is 1. The van der Waals surface area contributed by atoms with E-state index in [-0.39, 0.29) is 11.9 Å². The summed E-state index contributed by atoms with van der Waals surface area (Å²) in [6.45, 7) is 4.11. The van der Waals surface area contributed by atoms with Gasteiger partial charge in [-0.1, -0.05) is 13.8 Å². The zero-order valence-corrected chi connectivity index (χ0v) is 8.63. The van der Waals surface area contributed by atoms with Crippen LogP contribution >= 0.6 is 0 Å². The number of carbonyl (C=O) groups excluding carboxylic acids is 1. The van der Waals surface area contributed by atoms with Crippen LogP contribution in [0.3, 0.4) is 0 Å². The summed E-state index contributed by atoms with van der Waals surface area (Å²) >= 11 is 0. The number of anilines is 1. The van der Waals surface area contributed by atoms with Crippen LogP contribution in [0.4, 0.5) is 5.69 Å². The molecule has 0 aliphatic rings. The fourth-order valence-corrected chi connectivity index (χ4v) is 1.30. The number of aromatic nitrogens is 1. The Morgan fingerprint density at radius 2 is 2.21 bits per heavy atom. The van der Waals surface area contributed by atoms with Gasteiger partial charge >= 0.3 is 0 Å². The molecule has 1 aromatic rings. The van der Waals surface area contributed by atoms with Gasteiger partial charge in [0.05, 0.1) is 0 Å². The van der Waals surface area contributed by atoms with Crippen LogP contribution in [-0.4, -0.2) is 16.9 Å². The molecule has 0 aromatic carbocycles. The van der Waals surface area contributed by atoms with Gasteiger partial charge in [-0.15, -0.1) is 0 Å². The molecule has 0 fully saturated rings. The second kappa shape index (κ2) is 4.69. The van der Waals surface area contributed by atoms with E-state index in [4.69, 9.17) is 5.73 Å². The lowest BCUT2D eigenvalue weighted by atomic mass is 10.1. The Morgan fingerprint density at radius 1 is 1.57 bits per heavy atom. The Kier molecular flexibility index (Phi) is 3.56. The summed E-state index contributed by atoms with van der Waals surface area (Å²) in [6, 6.07) is 1.88. The Balaban J connectivity index is 2.58. The first kappa shape index (κ1) is 10.6. The number of carbonyl (C=O) groups is 1. The lowest BCUT2D eigenvalue weighted by Gasteiger charge is -2.13. The molecule has 1 aromatic heterocycles. The third-order valence-electron chi connectivity index (χ3n) is 2.27. The Bertz CT molecular complexity index is 302. The minimum absolute atomic E-state index is 0.0876. The van der Waals surface area contributed by atoms with E-state index in [1.165, 1.54) is 0 Å². The number of nitrogens with two attached hydrogens (primary N) is 1. The van der Waals surface area contributed by atoms with E-state index in [2.05, 4.69) is 24.1 Å². The number of rotatable bonds is 4. The topological polar surface area (TPSA) is 70.9 Å². The molecule has 0 aliphatic carbocycles. The molecule has 78 valence electrons. The highest BCUT2D eigenvalue weighted by molar-refractivity contribution is 5.93. The van der Waals surface area contributed by atoms with Crippen LogP contribution in [0.1, 0.15) is 37.2 Å². The van der Waals surface area contributed by atoms with Crippen molar-refractivity contribution in [3.8, 4) is 0 Å². The minimum Gasteiger partial charge on any atom is -0.397 e.